The molecule has 12 nitrogen and oxygen atoms in total. The zero-order valence-corrected chi connectivity index (χ0v) is 15.8. The van der Waals surface area contributed by atoms with Gasteiger partial charge in [0.05, 0.1) is 6.26 Å². The van der Waals surface area contributed by atoms with Gasteiger partial charge in [-0.15, -0.1) is 11.8 Å². The quantitative estimate of drug-likeness (QED) is 0.295. The topological polar surface area (TPSA) is 174 Å². The van der Waals surface area contributed by atoms with E-state index in [1.165, 1.54) is 24.8 Å². The fourth-order valence-corrected chi connectivity index (χ4v) is 4.10. The number of rotatable bonds is 7. The largest absolute Gasteiger partial charge is 0.479 e. The van der Waals surface area contributed by atoms with Crippen LogP contribution in [-0.2, 0) is 24.0 Å². The summed E-state index contributed by atoms with van der Waals surface area (Å²) in [6.07, 6.45) is 0.281. The molecule has 0 bridgehead atoms. The van der Waals surface area contributed by atoms with Crippen molar-refractivity contribution in [1.29, 1.82) is 0 Å². The Kier molecular flexibility index (Phi) is 5.77. The summed E-state index contributed by atoms with van der Waals surface area (Å²) in [5.74, 6) is -2.49. The van der Waals surface area contributed by atoms with E-state index in [1.807, 2.05) is 0 Å². The number of hydrogen-bond donors (Lipinski definition) is 3. The number of primary amides is 1. The molecule has 0 spiro atoms. The average molecular weight is 424 g/mol. The molecule has 0 radical (unpaired) electrons. The summed E-state index contributed by atoms with van der Waals surface area (Å²) >= 11 is 1.11. The predicted molar refractivity (Wildman–Crippen MR) is 97.5 cm³/mol. The number of furan rings is 1. The van der Waals surface area contributed by atoms with Gasteiger partial charge in [-0.25, -0.2) is 9.59 Å². The minimum absolute atomic E-state index is 0.137. The molecule has 1 fully saturated rings. The van der Waals surface area contributed by atoms with E-state index in [0.29, 0.717) is 0 Å². The van der Waals surface area contributed by atoms with Crippen molar-refractivity contribution in [2.75, 3.05) is 13.7 Å². The lowest BCUT2D eigenvalue weighted by Gasteiger charge is -2.51. The maximum atomic E-state index is 12.6. The zero-order chi connectivity index (χ0) is 21.1. The maximum absolute atomic E-state index is 12.6. The molecule has 2 aliphatic rings. The first-order chi connectivity index (χ1) is 13.8. The highest BCUT2D eigenvalue weighted by Crippen LogP contribution is 2.40. The van der Waals surface area contributed by atoms with Crippen LogP contribution in [0.2, 0.25) is 0 Å². The number of nitrogens with zero attached hydrogens (tertiary/aromatic N) is 2. The summed E-state index contributed by atoms with van der Waals surface area (Å²) in [7, 11) is 1.25. The number of carbonyl (C=O) groups excluding carboxylic acids is 3. The van der Waals surface area contributed by atoms with Crippen LogP contribution in [0.15, 0.2) is 38.9 Å². The molecule has 3 atom stereocenters. The number of oxime groups is 1. The Morgan fingerprint density at radius 3 is 2.79 bits per heavy atom. The normalized spacial score (nSPS) is 23.4. The van der Waals surface area contributed by atoms with Gasteiger partial charge in [-0.3, -0.25) is 9.59 Å². The Balaban J connectivity index is 1.75. The Morgan fingerprint density at radius 1 is 1.45 bits per heavy atom. The molecule has 0 saturated carbocycles. The van der Waals surface area contributed by atoms with Crippen LogP contribution in [0, 0.1) is 0 Å². The fraction of sp³-hybridized carbons (Fsp3) is 0.312. The van der Waals surface area contributed by atoms with Gasteiger partial charge in [-0.1, -0.05) is 5.16 Å². The van der Waals surface area contributed by atoms with Crippen molar-refractivity contribution in [2.24, 2.45) is 10.9 Å². The van der Waals surface area contributed by atoms with Crippen molar-refractivity contribution in [1.82, 2.24) is 10.2 Å². The molecule has 2 aliphatic heterocycles. The molecule has 29 heavy (non-hydrogen) atoms. The van der Waals surface area contributed by atoms with Crippen LogP contribution < -0.4 is 11.1 Å². The predicted octanol–water partition coefficient (Wildman–Crippen LogP) is -0.538. The molecular weight excluding hydrogens is 408 g/mol. The van der Waals surface area contributed by atoms with Gasteiger partial charge in [0.15, 0.2) is 11.8 Å². The Labute approximate surface area is 167 Å². The molecular formula is C16H16N4O8S. The van der Waals surface area contributed by atoms with Gasteiger partial charge in [0.2, 0.25) is 11.6 Å². The van der Waals surface area contributed by atoms with E-state index in [1.54, 1.807) is 6.07 Å². The van der Waals surface area contributed by atoms with Crippen LogP contribution in [-0.4, -0.2) is 70.8 Å². The number of fused-ring (bicyclic) bond motifs is 1. The molecule has 13 heteroatoms. The van der Waals surface area contributed by atoms with Crippen molar-refractivity contribution >= 4 is 41.4 Å². The van der Waals surface area contributed by atoms with Crippen LogP contribution in [0.4, 0.5) is 4.79 Å². The van der Waals surface area contributed by atoms with E-state index in [9.17, 15) is 24.3 Å². The summed E-state index contributed by atoms with van der Waals surface area (Å²) in [6.45, 7) is -0.365. The molecule has 1 aromatic rings. The van der Waals surface area contributed by atoms with Crippen LogP contribution in [0.3, 0.4) is 0 Å². The second-order valence-corrected chi connectivity index (χ2v) is 6.86. The van der Waals surface area contributed by atoms with Gasteiger partial charge in [-0.05, 0) is 17.5 Å². The number of amides is 3. The van der Waals surface area contributed by atoms with E-state index in [0.717, 1.165) is 16.7 Å². The summed E-state index contributed by atoms with van der Waals surface area (Å²) < 4.78 is 9.78. The Bertz CT molecular complexity index is 897. The number of hydrogen-bond acceptors (Lipinski definition) is 9. The molecule has 0 aliphatic carbocycles. The SMILES string of the molecule is CON=C(C(=O)N[C@@H]1C(=O)N2C(C(=O)O)C(COC(N)=O)=CS[C@H]12)c1ccco1. The average Bonchev–Trinajstić information content (AvgIpc) is 3.21. The lowest BCUT2D eigenvalue weighted by atomic mass is 9.98. The second kappa shape index (κ2) is 8.26. The van der Waals surface area contributed by atoms with Crippen molar-refractivity contribution in [2.45, 2.75) is 17.5 Å². The highest BCUT2D eigenvalue weighted by molar-refractivity contribution is 8.02. The number of thioether (sulfide) groups is 1. The van der Waals surface area contributed by atoms with Gasteiger partial charge in [0.25, 0.3) is 5.91 Å². The molecule has 1 aromatic heterocycles. The number of ether oxygens (including phenoxy) is 1. The Morgan fingerprint density at radius 2 is 2.21 bits per heavy atom. The lowest BCUT2D eigenvalue weighted by Crippen LogP contribution is -2.74. The molecule has 3 heterocycles. The number of carboxylic acids is 1. The highest BCUT2D eigenvalue weighted by atomic mass is 32.2. The van der Waals surface area contributed by atoms with Gasteiger partial charge >= 0.3 is 12.1 Å². The number of carbonyl (C=O) groups is 4. The molecule has 4 N–H and O–H groups in total. The molecule has 1 unspecified atom stereocenters. The van der Waals surface area contributed by atoms with Gasteiger partial charge in [-0.2, -0.15) is 0 Å². The summed E-state index contributed by atoms with van der Waals surface area (Å²) in [4.78, 5) is 53.3. The van der Waals surface area contributed by atoms with Crippen molar-refractivity contribution < 1.29 is 38.3 Å². The molecule has 1 saturated heterocycles. The first kappa shape index (κ1) is 20.3. The van der Waals surface area contributed by atoms with Gasteiger partial charge in [0, 0.05) is 5.57 Å². The van der Waals surface area contributed by atoms with E-state index < -0.39 is 41.3 Å². The van der Waals surface area contributed by atoms with Crippen LogP contribution in [0.1, 0.15) is 5.76 Å². The molecule has 0 aromatic carbocycles. The molecule has 154 valence electrons. The van der Waals surface area contributed by atoms with E-state index in [4.69, 9.17) is 10.2 Å². The summed E-state index contributed by atoms with van der Waals surface area (Å²) in [5.41, 5.74) is 4.92. The van der Waals surface area contributed by atoms with Crippen molar-refractivity contribution in [3.05, 3.63) is 35.1 Å². The maximum Gasteiger partial charge on any atom is 0.404 e. The highest BCUT2D eigenvalue weighted by Gasteiger charge is 2.56. The monoisotopic (exact) mass is 424 g/mol. The van der Waals surface area contributed by atoms with Gasteiger partial charge < -0.3 is 35.0 Å². The smallest absolute Gasteiger partial charge is 0.404 e. The van der Waals surface area contributed by atoms with E-state index in [2.05, 4.69) is 20.0 Å². The Hall–Kier alpha value is -3.48. The van der Waals surface area contributed by atoms with Crippen molar-refractivity contribution in [3.63, 3.8) is 0 Å². The third-order valence-corrected chi connectivity index (χ3v) is 5.34. The molecule has 3 rings (SSSR count). The van der Waals surface area contributed by atoms with E-state index >= 15 is 0 Å². The van der Waals surface area contributed by atoms with Gasteiger partial charge in [0.1, 0.15) is 25.1 Å². The van der Waals surface area contributed by atoms with Crippen LogP contribution in [0.5, 0.6) is 0 Å². The van der Waals surface area contributed by atoms with Crippen LogP contribution >= 0.6 is 11.8 Å². The standard InChI is InChI=1S/C16H16N4O8S/c1-26-19-9(8-3-2-4-27-8)12(21)18-10-13(22)20-11(15(23)24)7(5-28-16(17)25)6-29-14(10)20/h2-4,6,10-11,14H,5H2,1H3,(H2,17,25)(H,18,21)(H,23,24)/t10-,11?,14-/m1/s1. The first-order valence-corrected chi connectivity index (χ1v) is 9.07. The third kappa shape index (κ3) is 3.89. The number of nitrogens with two attached hydrogens (primary N) is 1. The minimum Gasteiger partial charge on any atom is -0.479 e. The number of aliphatic carboxylic acids is 1. The minimum atomic E-state index is -1.33. The second-order valence-electron chi connectivity index (χ2n) is 5.86. The zero-order valence-electron chi connectivity index (χ0n) is 14.9. The van der Waals surface area contributed by atoms with E-state index in [-0.39, 0.29) is 23.7 Å². The number of β-lactam (4-membered cyclic amide) rings is 1. The summed E-state index contributed by atoms with van der Waals surface area (Å²) in [5, 5.41) is 16.5. The van der Waals surface area contributed by atoms with Crippen molar-refractivity contribution in [3.8, 4) is 0 Å². The first-order valence-electron chi connectivity index (χ1n) is 8.12. The van der Waals surface area contributed by atoms with Crippen LogP contribution in [0.25, 0.3) is 0 Å². The number of carboxylic acid groups (broad SMARTS) is 1. The summed E-state index contributed by atoms with van der Waals surface area (Å²) in [6, 6.07) is 0.731. The number of nitrogens with one attached hydrogen (secondary N) is 1. The molecule has 3 amide bonds. The third-order valence-electron chi connectivity index (χ3n) is 4.12. The fourth-order valence-electron chi connectivity index (χ4n) is 2.90. The lowest BCUT2D eigenvalue weighted by molar-refractivity contribution is -0.160.